The summed E-state index contributed by atoms with van der Waals surface area (Å²) in [5.41, 5.74) is 3.52. The number of benzene rings is 1. The fraction of sp³-hybridized carbons (Fsp3) is 0.483. The van der Waals surface area contributed by atoms with Gasteiger partial charge in [0.25, 0.3) is 0 Å². The summed E-state index contributed by atoms with van der Waals surface area (Å²) in [5.74, 6) is 0.570. The van der Waals surface area contributed by atoms with Gasteiger partial charge in [-0.05, 0) is 44.6 Å². The first-order valence-electron chi connectivity index (χ1n) is 13.9. The summed E-state index contributed by atoms with van der Waals surface area (Å²) in [6.07, 6.45) is 5.49. The largest absolute Gasteiger partial charge is 0.462 e. The fourth-order valence-corrected chi connectivity index (χ4v) is 6.45. The molecule has 0 radical (unpaired) electrons. The number of ether oxygens (including phenoxy) is 2. The number of likely N-dealkylation sites (N-methyl/N-ethyl adjacent to an activating group) is 1. The van der Waals surface area contributed by atoms with Gasteiger partial charge in [0.15, 0.2) is 0 Å². The first-order chi connectivity index (χ1) is 20.0. The second-order valence-electron chi connectivity index (χ2n) is 10.8. The number of piperazine rings is 1. The summed E-state index contributed by atoms with van der Waals surface area (Å²) in [4.78, 5) is 32.0. The van der Waals surface area contributed by atoms with E-state index < -0.39 is 0 Å². The Morgan fingerprint density at radius 3 is 2.98 bits per heavy atom. The predicted molar refractivity (Wildman–Crippen MR) is 155 cm³/mol. The number of rotatable bonds is 7. The highest BCUT2D eigenvalue weighted by molar-refractivity contribution is 6.32. The molecule has 2 aromatic heterocycles. The van der Waals surface area contributed by atoms with E-state index in [-0.39, 0.29) is 24.6 Å². The third-order valence-corrected chi connectivity index (χ3v) is 8.74. The van der Waals surface area contributed by atoms with E-state index in [0.717, 1.165) is 52.9 Å². The highest BCUT2D eigenvalue weighted by Gasteiger charge is 2.36. The Balaban J connectivity index is 1.34. The van der Waals surface area contributed by atoms with Crippen LogP contribution in [-0.2, 0) is 22.6 Å². The number of aromatic amines is 1. The van der Waals surface area contributed by atoms with E-state index in [2.05, 4.69) is 38.5 Å². The molecule has 2 fully saturated rings. The smallest absolute Gasteiger partial charge is 0.318 e. The Morgan fingerprint density at radius 2 is 2.20 bits per heavy atom. The number of hydrogen-bond acceptors (Lipinski definition) is 8. The molecule has 0 aliphatic carbocycles. The second-order valence-corrected chi connectivity index (χ2v) is 11.2. The number of amides is 1. The molecule has 3 aliphatic rings. The molecule has 2 saturated heterocycles. The van der Waals surface area contributed by atoms with Crippen molar-refractivity contribution in [3.05, 3.63) is 64.2 Å². The Hall–Kier alpha value is -3.72. The first kappa shape index (κ1) is 27.4. The monoisotopic (exact) mass is 576 g/mol. The minimum atomic E-state index is -0.315. The van der Waals surface area contributed by atoms with E-state index in [1.807, 2.05) is 12.1 Å². The Morgan fingerprint density at radius 1 is 1.32 bits per heavy atom. The van der Waals surface area contributed by atoms with Crippen LogP contribution in [0.5, 0.6) is 6.01 Å². The zero-order chi connectivity index (χ0) is 28.5. The molecule has 6 rings (SSSR count). The number of nitrogens with one attached hydrogen (secondary N) is 1. The summed E-state index contributed by atoms with van der Waals surface area (Å²) in [6, 6.07) is 4.15. The van der Waals surface area contributed by atoms with Gasteiger partial charge in [0.05, 0.1) is 30.1 Å². The van der Waals surface area contributed by atoms with Crippen LogP contribution in [0.15, 0.2) is 31.0 Å². The molecule has 0 saturated carbocycles. The molecule has 3 atom stereocenters. The third-order valence-electron chi connectivity index (χ3n) is 8.41. The van der Waals surface area contributed by atoms with Crippen molar-refractivity contribution in [2.24, 2.45) is 0 Å². The summed E-state index contributed by atoms with van der Waals surface area (Å²) in [7, 11) is 2.11. The molecule has 11 nitrogen and oxygen atoms in total. The number of nitrogens with zero attached hydrogens (tertiary/aromatic N) is 7. The molecule has 5 heterocycles. The number of fused-ring (bicyclic) bond motifs is 2. The lowest BCUT2D eigenvalue weighted by molar-refractivity contribution is -0.128. The van der Waals surface area contributed by atoms with Gasteiger partial charge in [-0.3, -0.25) is 9.89 Å². The van der Waals surface area contributed by atoms with Gasteiger partial charge in [-0.1, -0.05) is 18.2 Å². The molecule has 0 bridgehead atoms. The fourth-order valence-electron chi connectivity index (χ4n) is 6.16. The van der Waals surface area contributed by atoms with Crippen molar-refractivity contribution in [3.8, 4) is 6.01 Å². The molecule has 12 heteroatoms. The Kier molecular flexibility index (Phi) is 7.79. The highest BCUT2D eigenvalue weighted by atomic mass is 35.5. The maximum atomic E-state index is 12.5. The molecular formula is C29H33ClN8O3. The number of halogens is 1. The van der Waals surface area contributed by atoms with Gasteiger partial charge in [-0.25, -0.2) is 6.57 Å². The van der Waals surface area contributed by atoms with Crippen LogP contribution >= 0.6 is 11.6 Å². The van der Waals surface area contributed by atoms with Crippen LogP contribution in [0.1, 0.15) is 35.8 Å². The average Bonchev–Trinajstić information content (AvgIpc) is 3.63. The van der Waals surface area contributed by atoms with Crippen LogP contribution in [0.2, 0.25) is 5.02 Å². The Labute approximate surface area is 243 Å². The van der Waals surface area contributed by atoms with E-state index in [1.165, 1.54) is 6.08 Å². The van der Waals surface area contributed by atoms with Crippen molar-refractivity contribution in [3.63, 3.8) is 0 Å². The average molecular weight is 577 g/mol. The van der Waals surface area contributed by atoms with Gasteiger partial charge in [-0.2, -0.15) is 15.1 Å². The summed E-state index contributed by atoms with van der Waals surface area (Å²) in [6.45, 7) is 14.7. The van der Waals surface area contributed by atoms with Crippen molar-refractivity contribution < 1.29 is 14.3 Å². The SMILES string of the molecule is [C-]#[N+]C[C@H]1CN(c2nc(OC[C@@H]3CCCN3C)nc3c2COC(c2c(Cl)ccc4[nH]ncc24)C3)CCN1C(=O)C=C. The van der Waals surface area contributed by atoms with Gasteiger partial charge >= 0.3 is 6.01 Å². The molecule has 3 aliphatic heterocycles. The normalized spacial score (nSPS) is 22.9. The van der Waals surface area contributed by atoms with Gasteiger partial charge in [0, 0.05) is 53.6 Å². The number of likely N-dealkylation sites (tertiary alicyclic amines) is 1. The number of hydrogen-bond donors (Lipinski definition) is 1. The Bertz CT molecular complexity index is 1500. The topological polar surface area (TPSA) is 104 Å². The lowest BCUT2D eigenvalue weighted by atomic mass is 9.96. The number of anilines is 1. The molecule has 41 heavy (non-hydrogen) atoms. The maximum Gasteiger partial charge on any atom is 0.318 e. The predicted octanol–water partition coefficient (Wildman–Crippen LogP) is 3.42. The zero-order valence-electron chi connectivity index (χ0n) is 23.1. The number of aromatic nitrogens is 4. The third kappa shape index (κ3) is 5.35. The summed E-state index contributed by atoms with van der Waals surface area (Å²) >= 11 is 6.68. The van der Waals surface area contributed by atoms with Crippen LogP contribution in [0.3, 0.4) is 0 Å². The first-order valence-corrected chi connectivity index (χ1v) is 14.3. The minimum absolute atomic E-state index is 0.163. The van der Waals surface area contributed by atoms with Crippen LogP contribution in [0, 0.1) is 6.57 Å². The van der Waals surface area contributed by atoms with Crippen molar-refractivity contribution in [2.75, 3.05) is 51.3 Å². The molecular weight excluding hydrogens is 544 g/mol. The second kappa shape index (κ2) is 11.6. The molecule has 1 amide bonds. The van der Waals surface area contributed by atoms with E-state index in [9.17, 15) is 4.79 Å². The molecule has 1 N–H and O–H groups in total. The summed E-state index contributed by atoms with van der Waals surface area (Å²) in [5, 5.41) is 8.74. The minimum Gasteiger partial charge on any atom is -0.462 e. The van der Waals surface area contributed by atoms with Gasteiger partial charge in [0.2, 0.25) is 12.5 Å². The van der Waals surface area contributed by atoms with E-state index in [4.69, 9.17) is 37.6 Å². The molecule has 214 valence electrons. The van der Waals surface area contributed by atoms with Crippen molar-refractivity contribution >= 4 is 34.2 Å². The molecule has 0 spiro atoms. The molecule has 1 aromatic carbocycles. The van der Waals surface area contributed by atoms with Gasteiger partial charge < -0.3 is 29.0 Å². The van der Waals surface area contributed by atoms with Crippen LogP contribution < -0.4 is 9.64 Å². The number of carbonyl (C=O) groups excluding carboxylic acids is 1. The lowest BCUT2D eigenvalue weighted by Gasteiger charge is -2.40. The van der Waals surface area contributed by atoms with Crippen LogP contribution in [0.4, 0.5) is 5.82 Å². The standard InChI is InChI=1S/C29H33ClN8O3/c1-4-26(39)38-11-10-37(15-19(38)13-31-2)28-21-17-40-25(27-20-14-32-35-23(20)8-7-22(27)30)12-24(21)33-29(34-28)41-16-18-6-5-9-36(18)3/h4,7-8,14,18-19,25H,1,5-6,9-13,15-17H2,3H3,(H,32,35)/t18-,19-,25?/m0/s1. The highest BCUT2D eigenvalue weighted by Crippen LogP contribution is 2.40. The van der Waals surface area contributed by atoms with Crippen molar-refractivity contribution in [2.45, 2.75) is 44.1 Å². The van der Waals surface area contributed by atoms with Gasteiger partial charge in [-0.15, -0.1) is 0 Å². The van der Waals surface area contributed by atoms with Gasteiger partial charge in [0.1, 0.15) is 18.5 Å². The van der Waals surface area contributed by atoms with Crippen molar-refractivity contribution in [1.82, 2.24) is 30.0 Å². The maximum absolute atomic E-state index is 12.5. The van der Waals surface area contributed by atoms with Crippen molar-refractivity contribution in [1.29, 1.82) is 0 Å². The molecule has 3 aromatic rings. The lowest BCUT2D eigenvalue weighted by Crippen LogP contribution is -2.56. The zero-order valence-corrected chi connectivity index (χ0v) is 23.8. The van der Waals surface area contributed by atoms with E-state index in [0.29, 0.717) is 56.3 Å². The summed E-state index contributed by atoms with van der Waals surface area (Å²) < 4.78 is 12.7. The van der Waals surface area contributed by atoms with E-state index >= 15 is 0 Å². The number of carbonyl (C=O) groups is 1. The number of H-pyrrole nitrogens is 1. The van der Waals surface area contributed by atoms with Crippen LogP contribution in [0.25, 0.3) is 15.7 Å². The quantitative estimate of drug-likeness (QED) is 0.337. The van der Waals surface area contributed by atoms with Crippen LogP contribution in [-0.4, -0.2) is 94.3 Å². The molecule has 1 unspecified atom stereocenters. The van der Waals surface area contributed by atoms with E-state index in [1.54, 1.807) is 11.1 Å².